The Hall–Kier alpha value is -2.24. The fourth-order valence-corrected chi connectivity index (χ4v) is 6.06. The maximum absolute atomic E-state index is 12.6. The summed E-state index contributed by atoms with van der Waals surface area (Å²) in [4.78, 5) is 25.2. The maximum atomic E-state index is 12.6. The average Bonchev–Trinajstić information content (AvgIpc) is 2.66. The summed E-state index contributed by atoms with van der Waals surface area (Å²) < 4.78 is 11.1. The molecule has 4 aliphatic carbocycles. The van der Waals surface area contributed by atoms with Crippen LogP contribution in [0.1, 0.15) is 62.7 Å². The van der Waals surface area contributed by atoms with E-state index < -0.39 is 0 Å². The van der Waals surface area contributed by atoms with Gasteiger partial charge in [-0.05, 0) is 88.3 Å². The quantitative estimate of drug-likeness (QED) is 0.702. The van der Waals surface area contributed by atoms with Gasteiger partial charge in [-0.25, -0.2) is 0 Å². The van der Waals surface area contributed by atoms with Gasteiger partial charge in [0.05, 0.1) is 19.8 Å². The summed E-state index contributed by atoms with van der Waals surface area (Å²) in [6, 6.07) is 5.10. The van der Waals surface area contributed by atoms with Gasteiger partial charge in [0.25, 0.3) is 5.91 Å². The maximum Gasteiger partial charge on any atom is 0.251 e. The molecule has 2 N–H and O–H groups in total. The van der Waals surface area contributed by atoms with Gasteiger partial charge in [-0.2, -0.15) is 0 Å². The SMILES string of the molecule is CCOc1ccc(C(=O)NCC(=O)NC23CC4CC(CC(C4)C2)C3)cc1OCC. The van der Waals surface area contributed by atoms with Crippen molar-refractivity contribution in [1.29, 1.82) is 0 Å². The lowest BCUT2D eigenvalue weighted by Crippen LogP contribution is -2.61. The zero-order valence-corrected chi connectivity index (χ0v) is 17.5. The van der Waals surface area contributed by atoms with Crippen molar-refractivity contribution >= 4 is 11.8 Å². The minimum atomic E-state index is -0.283. The summed E-state index contributed by atoms with van der Waals surface area (Å²) >= 11 is 0. The highest BCUT2D eigenvalue weighted by Crippen LogP contribution is 2.55. The Bertz CT molecular complexity index is 741. The van der Waals surface area contributed by atoms with Crippen LogP contribution in [0, 0.1) is 17.8 Å². The minimum absolute atomic E-state index is 0.00222. The van der Waals surface area contributed by atoms with E-state index in [2.05, 4.69) is 10.6 Å². The topological polar surface area (TPSA) is 76.7 Å². The molecule has 158 valence electrons. The molecule has 0 atom stereocenters. The number of carbonyl (C=O) groups excluding carboxylic acids is 2. The molecule has 4 bridgehead atoms. The van der Waals surface area contributed by atoms with Gasteiger partial charge in [0.2, 0.25) is 5.91 Å². The van der Waals surface area contributed by atoms with Crippen molar-refractivity contribution in [3.63, 3.8) is 0 Å². The van der Waals surface area contributed by atoms with Crippen LogP contribution in [0.15, 0.2) is 18.2 Å². The normalized spacial score (nSPS) is 29.4. The predicted octanol–water partition coefficient (Wildman–Crippen LogP) is 3.30. The molecule has 2 amide bonds. The van der Waals surface area contributed by atoms with Gasteiger partial charge < -0.3 is 20.1 Å². The Labute approximate surface area is 172 Å². The number of ether oxygens (including phenoxy) is 2. The summed E-state index contributed by atoms with van der Waals surface area (Å²) in [7, 11) is 0. The van der Waals surface area contributed by atoms with Crippen LogP contribution in [-0.4, -0.2) is 37.1 Å². The number of amides is 2. The molecule has 29 heavy (non-hydrogen) atoms. The highest BCUT2D eigenvalue weighted by molar-refractivity contribution is 5.97. The van der Waals surface area contributed by atoms with Crippen LogP contribution >= 0.6 is 0 Å². The lowest BCUT2D eigenvalue weighted by atomic mass is 9.53. The molecule has 0 heterocycles. The van der Waals surface area contributed by atoms with Crippen molar-refractivity contribution in [2.24, 2.45) is 17.8 Å². The zero-order chi connectivity index (χ0) is 20.4. The standard InChI is InChI=1S/C23H32N2O4/c1-3-28-19-6-5-18(10-20(19)29-4-2)22(27)24-14-21(26)25-23-11-15-7-16(12-23)9-17(8-15)13-23/h5-6,10,15-17H,3-4,7-9,11-14H2,1-2H3,(H,24,27)(H,25,26). The summed E-state index contributed by atoms with van der Waals surface area (Å²) in [6.07, 6.45) is 7.34. The third-order valence-electron chi connectivity index (χ3n) is 6.66. The van der Waals surface area contributed by atoms with E-state index in [4.69, 9.17) is 9.47 Å². The van der Waals surface area contributed by atoms with E-state index >= 15 is 0 Å². The molecule has 4 aliphatic rings. The van der Waals surface area contributed by atoms with Crippen LogP contribution in [0.2, 0.25) is 0 Å². The third-order valence-corrected chi connectivity index (χ3v) is 6.66. The molecule has 5 rings (SSSR count). The summed E-state index contributed by atoms with van der Waals surface area (Å²) in [5.41, 5.74) is 0.428. The second-order valence-corrected chi connectivity index (χ2v) is 8.96. The largest absolute Gasteiger partial charge is 0.490 e. The molecule has 0 unspecified atom stereocenters. The van der Waals surface area contributed by atoms with Crippen molar-refractivity contribution in [1.82, 2.24) is 10.6 Å². The van der Waals surface area contributed by atoms with Gasteiger partial charge in [0, 0.05) is 11.1 Å². The van der Waals surface area contributed by atoms with E-state index in [0.717, 1.165) is 37.0 Å². The number of nitrogens with one attached hydrogen (secondary N) is 2. The molecule has 0 spiro atoms. The first kappa shape index (κ1) is 20.0. The fourth-order valence-electron chi connectivity index (χ4n) is 6.06. The van der Waals surface area contributed by atoms with Gasteiger partial charge in [-0.3, -0.25) is 9.59 Å². The molecule has 0 aromatic heterocycles. The molecular weight excluding hydrogens is 368 g/mol. The number of carbonyl (C=O) groups is 2. The molecular formula is C23H32N2O4. The zero-order valence-electron chi connectivity index (χ0n) is 17.5. The van der Waals surface area contributed by atoms with Crippen molar-refractivity contribution in [3.8, 4) is 11.5 Å². The Kier molecular flexibility index (Phi) is 5.70. The number of hydrogen-bond donors (Lipinski definition) is 2. The first-order chi connectivity index (χ1) is 14.0. The van der Waals surface area contributed by atoms with Crippen LogP contribution in [0.4, 0.5) is 0 Å². The highest BCUT2D eigenvalue weighted by Gasteiger charge is 2.51. The summed E-state index contributed by atoms with van der Waals surface area (Å²) in [5.74, 6) is 3.11. The molecule has 6 nitrogen and oxygen atoms in total. The smallest absolute Gasteiger partial charge is 0.251 e. The van der Waals surface area contributed by atoms with Crippen LogP contribution in [0.25, 0.3) is 0 Å². The Morgan fingerprint density at radius 2 is 1.55 bits per heavy atom. The first-order valence-electron chi connectivity index (χ1n) is 11.0. The van der Waals surface area contributed by atoms with E-state index in [9.17, 15) is 9.59 Å². The van der Waals surface area contributed by atoms with E-state index in [-0.39, 0.29) is 23.9 Å². The van der Waals surface area contributed by atoms with E-state index in [1.165, 1.54) is 19.3 Å². The second-order valence-electron chi connectivity index (χ2n) is 8.96. The summed E-state index contributed by atoms with van der Waals surface area (Å²) in [5, 5.41) is 6.05. The molecule has 0 radical (unpaired) electrons. The number of benzene rings is 1. The van der Waals surface area contributed by atoms with Crippen molar-refractivity contribution in [3.05, 3.63) is 23.8 Å². The monoisotopic (exact) mass is 400 g/mol. The predicted molar refractivity (Wildman–Crippen MR) is 110 cm³/mol. The minimum Gasteiger partial charge on any atom is -0.490 e. The van der Waals surface area contributed by atoms with Gasteiger partial charge in [0.1, 0.15) is 0 Å². The number of hydrogen-bond acceptors (Lipinski definition) is 4. The molecule has 0 aliphatic heterocycles. The van der Waals surface area contributed by atoms with Gasteiger partial charge in [-0.1, -0.05) is 0 Å². The second kappa shape index (κ2) is 8.25. The lowest BCUT2D eigenvalue weighted by Gasteiger charge is -2.56. The van der Waals surface area contributed by atoms with E-state index in [1.54, 1.807) is 18.2 Å². The molecule has 1 aromatic carbocycles. The lowest BCUT2D eigenvalue weighted by molar-refractivity contribution is -0.125. The highest BCUT2D eigenvalue weighted by atomic mass is 16.5. The van der Waals surface area contributed by atoms with Gasteiger partial charge in [0.15, 0.2) is 11.5 Å². The van der Waals surface area contributed by atoms with Crippen LogP contribution in [0.5, 0.6) is 11.5 Å². The van der Waals surface area contributed by atoms with E-state index in [1.807, 2.05) is 13.8 Å². The first-order valence-corrected chi connectivity index (χ1v) is 11.0. The molecule has 4 fully saturated rings. The van der Waals surface area contributed by atoms with Crippen LogP contribution in [0.3, 0.4) is 0 Å². The van der Waals surface area contributed by atoms with Crippen molar-refractivity contribution in [2.45, 2.75) is 57.9 Å². The molecule has 1 aromatic rings. The third kappa shape index (κ3) is 4.36. The van der Waals surface area contributed by atoms with Crippen molar-refractivity contribution in [2.75, 3.05) is 19.8 Å². The van der Waals surface area contributed by atoms with Crippen LogP contribution < -0.4 is 20.1 Å². The van der Waals surface area contributed by atoms with Crippen LogP contribution in [-0.2, 0) is 4.79 Å². The van der Waals surface area contributed by atoms with Crippen molar-refractivity contribution < 1.29 is 19.1 Å². The van der Waals surface area contributed by atoms with Gasteiger partial charge in [-0.15, -0.1) is 0 Å². The molecule has 4 saturated carbocycles. The molecule has 6 heteroatoms. The average molecular weight is 401 g/mol. The summed E-state index contributed by atoms with van der Waals surface area (Å²) in [6.45, 7) is 4.79. The fraction of sp³-hybridized carbons (Fsp3) is 0.652. The molecule has 0 saturated heterocycles. The Balaban J connectivity index is 1.33. The van der Waals surface area contributed by atoms with Gasteiger partial charge >= 0.3 is 0 Å². The van der Waals surface area contributed by atoms with E-state index in [0.29, 0.717) is 30.3 Å². The Morgan fingerprint density at radius 3 is 2.14 bits per heavy atom. The Morgan fingerprint density at radius 1 is 0.966 bits per heavy atom. The number of rotatable bonds is 8.